The van der Waals surface area contributed by atoms with Crippen molar-refractivity contribution in [3.05, 3.63) is 59.4 Å². The van der Waals surface area contributed by atoms with Crippen LogP contribution in [0.1, 0.15) is 10.4 Å². The van der Waals surface area contributed by atoms with E-state index in [1.54, 1.807) is 6.07 Å². The van der Waals surface area contributed by atoms with Crippen LogP contribution in [0.25, 0.3) is 10.8 Å². The number of nitrogens with zero attached hydrogens (tertiary/aromatic N) is 3. The van der Waals surface area contributed by atoms with Crippen LogP contribution in [-0.2, 0) is 20.2 Å². The topological polar surface area (TPSA) is 229 Å². The van der Waals surface area contributed by atoms with Crippen LogP contribution in [0.3, 0.4) is 0 Å². The minimum Gasteiger partial charge on any atom is -0.507 e. The third-order valence-corrected chi connectivity index (χ3v) is 6.66. The number of anilines is 4. The van der Waals surface area contributed by atoms with Crippen molar-refractivity contribution in [2.24, 2.45) is 0 Å². The van der Waals surface area contributed by atoms with Gasteiger partial charge in [0.05, 0.1) is 26.7 Å². The Morgan fingerprint density at radius 1 is 0.811 bits per heavy atom. The number of halogens is 1. The van der Waals surface area contributed by atoms with Crippen molar-refractivity contribution >= 4 is 71.9 Å². The van der Waals surface area contributed by atoms with E-state index in [4.69, 9.17) is 11.6 Å². The average Bonchev–Trinajstić information content (AvgIpc) is 2.77. The highest BCUT2D eigenvalue weighted by Gasteiger charge is 2.21. The van der Waals surface area contributed by atoms with Crippen LogP contribution in [-0.4, -0.2) is 57.1 Å². The van der Waals surface area contributed by atoms with Gasteiger partial charge in [-0.15, -0.1) is 0 Å². The largest absolute Gasteiger partial charge is 0.507 e. The number of para-hydroxylation sites is 1. The van der Waals surface area contributed by atoms with Crippen LogP contribution in [0.5, 0.6) is 5.75 Å². The predicted octanol–water partition coefficient (Wildman–Crippen LogP) is 3.06. The molecule has 0 aliphatic rings. The number of phenols is 1. The van der Waals surface area contributed by atoms with Crippen LogP contribution < -0.4 is 10.6 Å². The van der Waals surface area contributed by atoms with E-state index in [0.29, 0.717) is 0 Å². The molecule has 0 atom stereocenters. The normalized spacial score (nSPS) is 11.9. The fraction of sp³-hybridized carbons (Fsp3) is 0. The molecule has 4 aromatic rings. The Bertz CT molecular complexity index is 1790. The maximum Gasteiger partial charge on any atom is 0.337 e. The molecular weight excluding hydrogens is 554 g/mol. The minimum absolute atomic E-state index is 0.0973. The molecule has 0 unspecified atom stereocenters. The molecule has 0 bridgehead atoms. The van der Waals surface area contributed by atoms with Crippen molar-refractivity contribution in [1.29, 1.82) is 0 Å². The van der Waals surface area contributed by atoms with Gasteiger partial charge in [-0.05, 0) is 47.3 Å². The van der Waals surface area contributed by atoms with Crippen LogP contribution in [0.4, 0.5) is 23.3 Å². The van der Waals surface area contributed by atoms with Gasteiger partial charge >= 0.3 is 5.97 Å². The summed E-state index contributed by atoms with van der Waals surface area (Å²) in [6.45, 7) is 0. The van der Waals surface area contributed by atoms with Crippen LogP contribution in [0.15, 0.2) is 58.3 Å². The highest BCUT2D eigenvalue weighted by Crippen LogP contribution is 2.37. The third kappa shape index (κ3) is 5.68. The lowest BCUT2D eigenvalue weighted by atomic mass is 10.1. The Balaban J connectivity index is 1.84. The summed E-state index contributed by atoms with van der Waals surface area (Å²) < 4.78 is 65.6. The van der Waals surface area contributed by atoms with Crippen molar-refractivity contribution < 1.29 is 40.9 Å². The fourth-order valence-electron chi connectivity index (χ4n) is 3.32. The summed E-state index contributed by atoms with van der Waals surface area (Å²) >= 11 is 5.97. The summed E-state index contributed by atoms with van der Waals surface area (Å²) in [5.74, 6) is -2.41. The number of carboxylic acids is 1. The summed E-state index contributed by atoms with van der Waals surface area (Å²) in [4.78, 5) is 21.8. The molecular formula is C20H14ClN5O9S2. The molecule has 0 aliphatic heterocycles. The Kier molecular flexibility index (Phi) is 6.61. The van der Waals surface area contributed by atoms with Gasteiger partial charge in [-0.3, -0.25) is 9.11 Å². The van der Waals surface area contributed by atoms with E-state index in [2.05, 4.69) is 25.6 Å². The number of aromatic nitrogens is 3. The first kappa shape index (κ1) is 26.0. The molecule has 17 heteroatoms. The zero-order valence-corrected chi connectivity index (χ0v) is 20.4. The van der Waals surface area contributed by atoms with E-state index in [-0.39, 0.29) is 44.9 Å². The van der Waals surface area contributed by atoms with Gasteiger partial charge in [-0.1, -0.05) is 12.1 Å². The Hall–Kier alpha value is -4.09. The summed E-state index contributed by atoms with van der Waals surface area (Å²) in [6.07, 6.45) is 0. The number of fused-ring (bicyclic) bond motifs is 1. The third-order valence-electron chi connectivity index (χ3n) is 4.83. The maximum absolute atomic E-state index is 11.8. The van der Waals surface area contributed by atoms with Gasteiger partial charge in [-0.2, -0.15) is 31.8 Å². The molecule has 0 spiro atoms. The summed E-state index contributed by atoms with van der Waals surface area (Å²) in [5, 5.41) is 24.5. The molecule has 0 saturated heterocycles. The quantitative estimate of drug-likeness (QED) is 0.176. The van der Waals surface area contributed by atoms with E-state index >= 15 is 0 Å². The monoisotopic (exact) mass is 567 g/mol. The number of hydrogen-bond acceptors (Lipinski definition) is 11. The average molecular weight is 568 g/mol. The number of rotatable bonds is 7. The van der Waals surface area contributed by atoms with Gasteiger partial charge < -0.3 is 20.8 Å². The highest BCUT2D eigenvalue weighted by atomic mass is 35.5. The van der Waals surface area contributed by atoms with E-state index in [1.807, 2.05) is 0 Å². The lowest BCUT2D eigenvalue weighted by molar-refractivity contribution is 0.0698. The molecule has 1 heterocycles. The fourth-order valence-corrected chi connectivity index (χ4v) is 4.56. The van der Waals surface area contributed by atoms with E-state index < -0.39 is 41.7 Å². The summed E-state index contributed by atoms with van der Waals surface area (Å²) in [6, 6.07) is 9.25. The van der Waals surface area contributed by atoms with Crippen LogP contribution in [0.2, 0.25) is 5.28 Å². The Labute approximate surface area is 213 Å². The van der Waals surface area contributed by atoms with Gasteiger partial charge in [0.2, 0.25) is 17.2 Å². The zero-order valence-electron chi connectivity index (χ0n) is 18.0. The number of carbonyl (C=O) groups is 1. The van der Waals surface area contributed by atoms with Crippen LogP contribution in [0, 0.1) is 0 Å². The zero-order chi connectivity index (χ0) is 27.1. The van der Waals surface area contributed by atoms with Gasteiger partial charge in [-0.25, -0.2) is 4.79 Å². The number of phenolic OH excluding ortho intramolecular Hbond substituents is 1. The Morgan fingerprint density at radius 2 is 1.35 bits per heavy atom. The number of nitrogens with one attached hydrogen (secondary N) is 2. The van der Waals surface area contributed by atoms with Gasteiger partial charge in [0.15, 0.2) is 0 Å². The lowest BCUT2D eigenvalue weighted by Gasteiger charge is -2.14. The molecule has 37 heavy (non-hydrogen) atoms. The first-order valence-electron chi connectivity index (χ1n) is 9.76. The van der Waals surface area contributed by atoms with Crippen LogP contribution >= 0.6 is 11.6 Å². The molecule has 1 aromatic heterocycles. The molecule has 0 radical (unpaired) electrons. The number of benzene rings is 3. The standard InChI is InChI=1S/C20H14ClN5O9S2/c21-18-24-19(22-13-4-2-1-3-12(13)17(28)29)26-20(25-18)23-14-7-10(36(30,31)32)5-9-6-11(37(33,34)35)8-15(27)16(9)14/h1-8,27H,(H,28,29)(H,30,31,32)(H,33,34,35)(H2,22,23,24,25,26). The second-order valence-corrected chi connectivity index (χ2v) is 10.5. The minimum atomic E-state index is -4.82. The number of aromatic carboxylic acids is 1. The molecule has 6 N–H and O–H groups in total. The van der Waals surface area contributed by atoms with Crippen molar-refractivity contribution in [3.63, 3.8) is 0 Å². The lowest BCUT2D eigenvalue weighted by Crippen LogP contribution is -2.08. The van der Waals surface area contributed by atoms with Crippen molar-refractivity contribution in [2.45, 2.75) is 9.79 Å². The van der Waals surface area contributed by atoms with Crippen molar-refractivity contribution in [2.75, 3.05) is 10.6 Å². The highest BCUT2D eigenvalue weighted by molar-refractivity contribution is 7.86. The van der Waals surface area contributed by atoms with E-state index in [0.717, 1.165) is 24.3 Å². The van der Waals surface area contributed by atoms with Gasteiger partial charge in [0, 0.05) is 11.5 Å². The molecule has 3 aromatic carbocycles. The predicted molar refractivity (Wildman–Crippen MR) is 130 cm³/mol. The molecule has 0 fully saturated rings. The van der Waals surface area contributed by atoms with E-state index in [1.165, 1.54) is 18.2 Å². The number of carboxylic acid groups (broad SMARTS) is 1. The van der Waals surface area contributed by atoms with Gasteiger partial charge in [0.1, 0.15) is 5.75 Å². The SMILES string of the molecule is O=C(O)c1ccccc1Nc1nc(Cl)nc(Nc2cc(S(=O)(=O)O)cc3cc(S(=O)(=O)O)cc(O)c23)n1. The van der Waals surface area contributed by atoms with Crippen molar-refractivity contribution in [3.8, 4) is 5.75 Å². The molecule has 0 saturated carbocycles. The second kappa shape index (κ2) is 9.41. The number of hydrogen-bond donors (Lipinski definition) is 6. The maximum atomic E-state index is 11.8. The van der Waals surface area contributed by atoms with E-state index in [9.17, 15) is 40.9 Å². The summed E-state index contributed by atoms with van der Waals surface area (Å²) in [5.41, 5.74) is -0.180. The van der Waals surface area contributed by atoms with Crippen molar-refractivity contribution in [1.82, 2.24) is 15.0 Å². The molecule has 192 valence electrons. The second-order valence-electron chi connectivity index (χ2n) is 7.31. The number of aromatic hydroxyl groups is 1. The molecule has 14 nitrogen and oxygen atoms in total. The first-order chi connectivity index (χ1) is 17.2. The summed E-state index contributed by atoms with van der Waals surface area (Å²) in [7, 11) is -9.60. The first-order valence-corrected chi connectivity index (χ1v) is 13.0. The smallest absolute Gasteiger partial charge is 0.337 e. The molecule has 0 amide bonds. The van der Waals surface area contributed by atoms with Gasteiger partial charge in [0.25, 0.3) is 20.2 Å². The molecule has 0 aliphatic carbocycles. The Morgan fingerprint density at radius 3 is 1.92 bits per heavy atom. The molecule has 4 rings (SSSR count).